The zero-order chi connectivity index (χ0) is 17.6. The van der Waals surface area contributed by atoms with Crippen LogP contribution >= 0.6 is 0 Å². The van der Waals surface area contributed by atoms with Gasteiger partial charge in [-0.05, 0) is 43.9 Å². The van der Waals surface area contributed by atoms with Gasteiger partial charge in [-0.1, -0.05) is 37.1 Å². The molecule has 0 saturated heterocycles. The molecule has 3 rings (SSSR count). The number of hydrogen-bond acceptors (Lipinski definition) is 3. The fraction of sp³-hybridized carbons (Fsp3) is 0.524. The number of aryl methyl sites for hydroxylation is 1. The van der Waals surface area contributed by atoms with Crippen LogP contribution in [0.4, 0.5) is 0 Å². The van der Waals surface area contributed by atoms with Crippen LogP contribution in [0.5, 0.6) is 0 Å². The van der Waals surface area contributed by atoms with Crippen molar-refractivity contribution in [2.45, 2.75) is 52.2 Å². The van der Waals surface area contributed by atoms with Gasteiger partial charge in [0.05, 0.1) is 19.3 Å². The van der Waals surface area contributed by atoms with Crippen molar-refractivity contribution >= 4 is 11.6 Å². The summed E-state index contributed by atoms with van der Waals surface area (Å²) >= 11 is 0. The number of carbonyl (C=O) groups is 1. The molecule has 1 heterocycles. The summed E-state index contributed by atoms with van der Waals surface area (Å²) in [6, 6.07) is 8.25. The lowest BCUT2D eigenvalue weighted by molar-refractivity contribution is -0.128. The second kappa shape index (κ2) is 8.43. The Labute approximate surface area is 150 Å². The predicted octanol–water partition coefficient (Wildman–Crippen LogP) is 3.68. The summed E-state index contributed by atoms with van der Waals surface area (Å²) in [5, 5.41) is 0. The van der Waals surface area contributed by atoms with Crippen LogP contribution in [-0.2, 0) is 16.1 Å². The number of ether oxygens (including phenoxy) is 1. The average Bonchev–Trinajstić information content (AvgIpc) is 3.27. The smallest absolute Gasteiger partial charge is 0.252 e. The highest BCUT2D eigenvalue weighted by molar-refractivity contribution is 6.06. The summed E-state index contributed by atoms with van der Waals surface area (Å²) in [7, 11) is 0. The molecule has 2 aliphatic rings. The van der Waals surface area contributed by atoms with E-state index in [1.54, 1.807) is 0 Å². The van der Waals surface area contributed by atoms with Gasteiger partial charge in [0, 0.05) is 24.4 Å². The molecule has 0 atom stereocenters. The Morgan fingerprint density at radius 3 is 2.68 bits per heavy atom. The highest BCUT2D eigenvalue weighted by atomic mass is 16.5. The predicted molar refractivity (Wildman–Crippen MR) is 101 cm³/mol. The first-order chi connectivity index (χ1) is 12.1. The summed E-state index contributed by atoms with van der Waals surface area (Å²) < 4.78 is 5.99. The molecular weight excluding hydrogens is 312 g/mol. The van der Waals surface area contributed by atoms with Crippen LogP contribution in [0.25, 0.3) is 0 Å². The van der Waals surface area contributed by atoms with Crippen LogP contribution in [0.15, 0.2) is 40.9 Å². The van der Waals surface area contributed by atoms with Gasteiger partial charge in [-0.2, -0.15) is 0 Å². The van der Waals surface area contributed by atoms with Crippen molar-refractivity contribution < 1.29 is 9.53 Å². The van der Waals surface area contributed by atoms with Crippen molar-refractivity contribution in [1.29, 1.82) is 0 Å². The third-order valence-electron chi connectivity index (χ3n) is 5.08. The van der Waals surface area contributed by atoms with Crippen molar-refractivity contribution in [2.24, 2.45) is 4.99 Å². The molecule has 4 nitrogen and oxygen atoms in total. The van der Waals surface area contributed by atoms with Gasteiger partial charge in [-0.25, -0.2) is 0 Å². The summed E-state index contributed by atoms with van der Waals surface area (Å²) in [5.41, 5.74) is 4.12. The highest BCUT2D eigenvalue weighted by Gasteiger charge is 2.22. The summed E-state index contributed by atoms with van der Waals surface area (Å²) in [6.07, 6.45) is 7.13. The van der Waals surface area contributed by atoms with Crippen LogP contribution in [0, 0.1) is 6.92 Å². The maximum Gasteiger partial charge on any atom is 0.252 e. The monoisotopic (exact) mass is 340 g/mol. The fourth-order valence-corrected chi connectivity index (χ4v) is 3.52. The molecule has 25 heavy (non-hydrogen) atoms. The lowest BCUT2D eigenvalue weighted by Crippen LogP contribution is -2.35. The number of carbonyl (C=O) groups excluding carboxylic acids is 1. The molecule has 1 saturated carbocycles. The quantitative estimate of drug-likeness (QED) is 0.760. The highest BCUT2D eigenvalue weighted by Crippen LogP contribution is 2.21. The van der Waals surface area contributed by atoms with E-state index in [9.17, 15) is 4.79 Å². The number of rotatable bonds is 7. The Balaban J connectivity index is 1.65. The van der Waals surface area contributed by atoms with E-state index in [4.69, 9.17) is 4.74 Å². The minimum absolute atomic E-state index is 0.0823. The van der Waals surface area contributed by atoms with Crippen molar-refractivity contribution in [2.75, 3.05) is 19.7 Å². The summed E-state index contributed by atoms with van der Waals surface area (Å²) in [6.45, 7) is 6.38. The first kappa shape index (κ1) is 17.9. The van der Waals surface area contributed by atoms with Crippen molar-refractivity contribution in [1.82, 2.24) is 4.90 Å². The standard InChI is InChI=1S/C21H28N2O2/c1-16-7-3-4-8-18(16)15-23(11-12-25-20-9-5-6-10-20)21(24)19-13-17(2)22-14-19/h3-4,7-8,13,20H,5-6,9-12,14-15H2,1-2H3. The number of hydrogen-bond donors (Lipinski definition) is 0. The van der Waals surface area contributed by atoms with Gasteiger partial charge < -0.3 is 9.64 Å². The second-order valence-corrected chi connectivity index (χ2v) is 7.06. The number of aliphatic imine (C=N–C) groups is 1. The molecular formula is C21H28N2O2. The van der Waals surface area contributed by atoms with E-state index >= 15 is 0 Å². The molecule has 1 aromatic rings. The van der Waals surface area contributed by atoms with Gasteiger partial charge in [-0.3, -0.25) is 9.79 Å². The minimum Gasteiger partial charge on any atom is -0.376 e. The molecule has 1 aromatic carbocycles. The molecule has 0 N–H and O–H groups in total. The molecule has 1 amide bonds. The molecule has 0 radical (unpaired) electrons. The van der Waals surface area contributed by atoms with Gasteiger partial charge in [0.1, 0.15) is 0 Å². The van der Waals surface area contributed by atoms with Crippen molar-refractivity contribution in [3.63, 3.8) is 0 Å². The van der Waals surface area contributed by atoms with E-state index in [2.05, 4.69) is 24.0 Å². The van der Waals surface area contributed by atoms with Crippen LogP contribution in [0.3, 0.4) is 0 Å². The van der Waals surface area contributed by atoms with Crippen molar-refractivity contribution in [3.8, 4) is 0 Å². The number of nitrogens with zero attached hydrogens (tertiary/aromatic N) is 2. The van der Waals surface area contributed by atoms with Gasteiger partial charge in [0.2, 0.25) is 0 Å². The molecule has 1 aliphatic carbocycles. The molecule has 1 aliphatic heterocycles. The zero-order valence-corrected chi connectivity index (χ0v) is 15.3. The van der Waals surface area contributed by atoms with Gasteiger partial charge in [-0.15, -0.1) is 0 Å². The molecule has 4 heteroatoms. The molecule has 0 unspecified atom stereocenters. The Hall–Kier alpha value is -1.94. The van der Waals surface area contributed by atoms with Gasteiger partial charge >= 0.3 is 0 Å². The Morgan fingerprint density at radius 2 is 2.00 bits per heavy atom. The Bertz CT molecular complexity index is 672. The Morgan fingerprint density at radius 1 is 1.24 bits per heavy atom. The fourth-order valence-electron chi connectivity index (χ4n) is 3.52. The topological polar surface area (TPSA) is 41.9 Å². The maximum absolute atomic E-state index is 13.0. The van der Waals surface area contributed by atoms with Crippen LogP contribution in [0.2, 0.25) is 0 Å². The maximum atomic E-state index is 13.0. The van der Waals surface area contributed by atoms with Gasteiger partial charge in [0.15, 0.2) is 0 Å². The zero-order valence-electron chi connectivity index (χ0n) is 15.3. The van der Waals surface area contributed by atoms with Crippen LogP contribution in [-0.4, -0.2) is 42.3 Å². The molecule has 1 fully saturated rings. The second-order valence-electron chi connectivity index (χ2n) is 7.06. The SMILES string of the molecule is CC1=NCC(C(=O)N(CCOC2CCCC2)Cc2ccccc2C)=C1. The van der Waals surface area contributed by atoms with E-state index in [0.29, 0.717) is 32.3 Å². The average molecular weight is 340 g/mol. The molecule has 0 bridgehead atoms. The van der Waals surface area contributed by atoms with E-state index < -0.39 is 0 Å². The van der Waals surface area contributed by atoms with Crippen molar-refractivity contribution in [3.05, 3.63) is 47.0 Å². The number of amides is 1. The van der Waals surface area contributed by atoms with E-state index in [1.807, 2.05) is 30.0 Å². The third kappa shape index (κ3) is 4.79. The Kier molecular flexibility index (Phi) is 6.03. The largest absolute Gasteiger partial charge is 0.376 e. The molecule has 134 valence electrons. The number of allylic oxidation sites excluding steroid dienone is 1. The van der Waals surface area contributed by atoms with Crippen LogP contribution in [0.1, 0.15) is 43.7 Å². The lowest BCUT2D eigenvalue weighted by atomic mass is 10.1. The van der Waals surface area contributed by atoms with E-state index in [1.165, 1.54) is 24.0 Å². The minimum atomic E-state index is 0.0823. The summed E-state index contributed by atoms with van der Waals surface area (Å²) in [5.74, 6) is 0.0823. The van der Waals surface area contributed by atoms with E-state index in [-0.39, 0.29) is 5.91 Å². The normalized spacial score (nSPS) is 17.5. The third-order valence-corrected chi connectivity index (χ3v) is 5.08. The first-order valence-electron chi connectivity index (χ1n) is 9.30. The molecule has 0 spiro atoms. The molecule has 0 aromatic heterocycles. The van der Waals surface area contributed by atoms with Gasteiger partial charge in [0.25, 0.3) is 5.91 Å². The van der Waals surface area contributed by atoms with E-state index in [0.717, 1.165) is 24.1 Å². The summed E-state index contributed by atoms with van der Waals surface area (Å²) in [4.78, 5) is 19.2. The number of benzene rings is 1. The first-order valence-corrected chi connectivity index (χ1v) is 9.30. The van der Waals surface area contributed by atoms with Crippen LogP contribution < -0.4 is 0 Å². The lowest BCUT2D eigenvalue weighted by Gasteiger charge is -2.25.